The van der Waals surface area contributed by atoms with E-state index in [1.807, 2.05) is 12.1 Å². The van der Waals surface area contributed by atoms with E-state index < -0.39 is 14.4 Å². The molecule has 0 aliphatic rings. The summed E-state index contributed by atoms with van der Waals surface area (Å²) >= 11 is 0. The van der Waals surface area contributed by atoms with Gasteiger partial charge in [-0.3, -0.25) is 0 Å². The summed E-state index contributed by atoms with van der Waals surface area (Å²) in [6.07, 6.45) is 1.86. The van der Waals surface area contributed by atoms with Crippen LogP contribution in [0.4, 0.5) is 0 Å². The van der Waals surface area contributed by atoms with Crippen LogP contribution in [0, 0.1) is 5.92 Å². The molecule has 4 heteroatoms. The molecule has 0 spiro atoms. The van der Waals surface area contributed by atoms with Gasteiger partial charge in [-0.25, -0.2) is 0 Å². The first-order valence-corrected chi connectivity index (χ1v) is 12.3. The quantitative estimate of drug-likeness (QED) is 0.472. The van der Waals surface area contributed by atoms with E-state index in [1.165, 1.54) is 10.4 Å². The molecular weight excluding hydrogens is 364 g/mol. The maximum atomic E-state index is 10.5. The zero-order valence-electron chi connectivity index (χ0n) is 17.8. The number of aliphatic hydroxyl groups excluding tert-OH is 2. The second kappa shape index (κ2) is 10.4. The largest absolute Gasteiger partial charge is 0.407 e. The van der Waals surface area contributed by atoms with Crippen molar-refractivity contribution in [1.82, 2.24) is 0 Å². The Bertz CT molecular complexity index is 643. The van der Waals surface area contributed by atoms with Gasteiger partial charge >= 0.3 is 0 Å². The van der Waals surface area contributed by atoms with Crippen molar-refractivity contribution < 1.29 is 14.6 Å². The van der Waals surface area contributed by atoms with E-state index in [1.54, 1.807) is 0 Å². The topological polar surface area (TPSA) is 49.7 Å². The van der Waals surface area contributed by atoms with Gasteiger partial charge in [0.15, 0.2) is 0 Å². The number of aliphatic hydroxyl groups is 2. The third-order valence-electron chi connectivity index (χ3n) is 5.54. The molecule has 2 aromatic carbocycles. The van der Waals surface area contributed by atoms with Crippen molar-refractivity contribution >= 4 is 18.7 Å². The molecule has 2 atom stereocenters. The molecule has 0 aromatic heterocycles. The molecule has 0 heterocycles. The van der Waals surface area contributed by atoms with Gasteiger partial charge in [-0.05, 0) is 34.7 Å². The summed E-state index contributed by atoms with van der Waals surface area (Å²) in [4.78, 5) is 0. The highest BCUT2D eigenvalue weighted by Crippen LogP contribution is 2.37. The number of hydrogen-bond acceptors (Lipinski definition) is 3. The first kappa shape index (κ1) is 22.8. The van der Waals surface area contributed by atoms with Crippen LogP contribution in [0.1, 0.15) is 47.0 Å². The van der Waals surface area contributed by atoms with E-state index in [4.69, 9.17) is 9.53 Å². The lowest BCUT2D eigenvalue weighted by molar-refractivity contribution is 0.0715. The molecule has 2 N–H and O–H groups in total. The molecule has 2 rings (SSSR count). The first-order valence-electron chi connectivity index (χ1n) is 10.4. The SMILES string of the molecule is C[C@@H](CO[Si](c1ccccc1)(c1ccccc1)C(C)(C)C)[C@@H](O)CCCCO. The lowest BCUT2D eigenvalue weighted by atomic mass is 10.0. The summed E-state index contributed by atoms with van der Waals surface area (Å²) in [5.41, 5.74) is 0. The maximum Gasteiger partial charge on any atom is 0.261 e. The average Bonchev–Trinajstić information content (AvgIpc) is 2.69. The molecule has 0 unspecified atom stereocenters. The predicted octanol–water partition coefficient (Wildman–Crippen LogP) is 3.72. The van der Waals surface area contributed by atoms with Crippen molar-refractivity contribution in [2.75, 3.05) is 13.2 Å². The average molecular weight is 401 g/mol. The third-order valence-corrected chi connectivity index (χ3v) is 10.5. The molecule has 28 heavy (non-hydrogen) atoms. The number of rotatable bonds is 10. The Morgan fingerprint density at radius 3 is 1.82 bits per heavy atom. The Morgan fingerprint density at radius 1 is 0.893 bits per heavy atom. The third kappa shape index (κ3) is 5.32. The van der Waals surface area contributed by atoms with E-state index in [0.29, 0.717) is 13.0 Å². The van der Waals surface area contributed by atoms with E-state index in [0.717, 1.165) is 12.8 Å². The molecule has 154 valence electrons. The van der Waals surface area contributed by atoms with Gasteiger partial charge < -0.3 is 14.6 Å². The summed E-state index contributed by atoms with van der Waals surface area (Å²) in [7, 11) is -2.55. The maximum absolute atomic E-state index is 10.5. The van der Waals surface area contributed by atoms with Crippen molar-refractivity contribution in [1.29, 1.82) is 0 Å². The monoisotopic (exact) mass is 400 g/mol. The highest BCUT2D eigenvalue weighted by atomic mass is 28.4. The lowest BCUT2D eigenvalue weighted by Crippen LogP contribution is -2.67. The Hall–Kier alpha value is -1.46. The van der Waals surface area contributed by atoms with E-state index in [-0.39, 0.29) is 17.6 Å². The highest BCUT2D eigenvalue weighted by Gasteiger charge is 2.50. The Morgan fingerprint density at radius 2 is 1.39 bits per heavy atom. The van der Waals surface area contributed by atoms with Crippen molar-refractivity contribution in [3.63, 3.8) is 0 Å². The van der Waals surface area contributed by atoms with Crippen LogP contribution in [0.2, 0.25) is 5.04 Å². The number of hydrogen-bond donors (Lipinski definition) is 2. The molecule has 0 fully saturated rings. The van der Waals surface area contributed by atoms with Crippen molar-refractivity contribution in [2.45, 2.75) is 58.1 Å². The predicted molar refractivity (Wildman–Crippen MR) is 120 cm³/mol. The molecule has 2 aromatic rings. The fraction of sp³-hybridized carbons (Fsp3) is 0.500. The minimum absolute atomic E-state index is 0.0420. The van der Waals surface area contributed by atoms with Crippen LogP contribution in [0.5, 0.6) is 0 Å². The second-order valence-electron chi connectivity index (χ2n) is 8.74. The van der Waals surface area contributed by atoms with Gasteiger partial charge in [0, 0.05) is 19.1 Å². The van der Waals surface area contributed by atoms with E-state index >= 15 is 0 Å². The van der Waals surface area contributed by atoms with Crippen LogP contribution in [-0.2, 0) is 4.43 Å². The summed E-state index contributed by atoms with van der Waals surface area (Å²) in [5, 5.41) is 22.0. The summed E-state index contributed by atoms with van der Waals surface area (Å²) in [5.74, 6) is 0.0420. The highest BCUT2D eigenvalue weighted by molar-refractivity contribution is 6.99. The smallest absolute Gasteiger partial charge is 0.261 e. The molecule has 0 amide bonds. The van der Waals surface area contributed by atoms with Gasteiger partial charge in [0.25, 0.3) is 8.32 Å². The van der Waals surface area contributed by atoms with Gasteiger partial charge in [0.2, 0.25) is 0 Å². The molecule has 3 nitrogen and oxygen atoms in total. The summed E-state index contributed by atoms with van der Waals surface area (Å²) in [6.45, 7) is 9.55. The van der Waals surface area contributed by atoms with Crippen LogP contribution in [0.3, 0.4) is 0 Å². The number of unbranched alkanes of at least 4 members (excludes halogenated alkanes) is 1. The molecule has 0 saturated heterocycles. The molecule has 0 aliphatic heterocycles. The molecule has 0 bridgehead atoms. The lowest BCUT2D eigenvalue weighted by Gasteiger charge is -2.43. The van der Waals surface area contributed by atoms with Crippen LogP contribution < -0.4 is 10.4 Å². The molecule has 0 saturated carbocycles. The minimum atomic E-state index is -2.55. The Balaban J connectivity index is 2.34. The summed E-state index contributed by atoms with van der Waals surface area (Å²) < 4.78 is 6.89. The first-order chi connectivity index (χ1) is 13.3. The van der Waals surface area contributed by atoms with Crippen LogP contribution in [0.25, 0.3) is 0 Å². The standard InChI is InChI=1S/C24H36O3Si/c1-20(23(26)17-11-12-18-25)19-27-28(24(2,3)4,21-13-7-5-8-14-21)22-15-9-6-10-16-22/h5-10,13-16,20,23,25-26H,11-12,17-19H2,1-4H3/t20-,23-/m0/s1. The minimum Gasteiger partial charge on any atom is -0.407 e. The van der Waals surface area contributed by atoms with Gasteiger partial charge in [0.05, 0.1) is 6.10 Å². The van der Waals surface area contributed by atoms with Crippen LogP contribution in [-0.4, -0.2) is 37.8 Å². The van der Waals surface area contributed by atoms with Crippen molar-refractivity contribution in [3.05, 3.63) is 60.7 Å². The van der Waals surface area contributed by atoms with Crippen molar-refractivity contribution in [3.8, 4) is 0 Å². The second-order valence-corrected chi connectivity index (χ2v) is 13.0. The normalized spacial score (nSPS) is 14.6. The van der Waals surface area contributed by atoms with Gasteiger partial charge in [0.1, 0.15) is 0 Å². The van der Waals surface area contributed by atoms with E-state index in [2.05, 4.69) is 76.2 Å². The zero-order valence-corrected chi connectivity index (χ0v) is 18.8. The zero-order chi connectivity index (χ0) is 20.6. The van der Waals surface area contributed by atoms with Gasteiger partial charge in [-0.2, -0.15) is 0 Å². The molecule has 0 radical (unpaired) electrons. The van der Waals surface area contributed by atoms with Gasteiger partial charge in [-0.1, -0.05) is 88.4 Å². The molecule has 0 aliphatic carbocycles. The Labute approximate surface area is 171 Å². The molecular formula is C24H36O3Si. The number of benzene rings is 2. The van der Waals surface area contributed by atoms with Crippen LogP contribution >= 0.6 is 0 Å². The summed E-state index contributed by atoms with van der Waals surface area (Å²) in [6, 6.07) is 21.2. The van der Waals surface area contributed by atoms with Crippen LogP contribution in [0.15, 0.2) is 60.7 Å². The fourth-order valence-corrected chi connectivity index (χ4v) is 8.55. The Kier molecular flexibility index (Phi) is 8.44. The van der Waals surface area contributed by atoms with Crippen molar-refractivity contribution in [2.24, 2.45) is 5.92 Å². The van der Waals surface area contributed by atoms with Gasteiger partial charge in [-0.15, -0.1) is 0 Å². The van der Waals surface area contributed by atoms with E-state index in [9.17, 15) is 5.11 Å². The fourth-order valence-electron chi connectivity index (χ4n) is 3.88.